The van der Waals surface area contributed by atoms with E-state index in [-0.39, 0.29) is 0 Å². The van der Waals surface area contributed by atoms with Crippen LogP contribution in [0.25, 0.3) is 67.3 Å². The first kappa shape index (κ1) is 25.4. The maximum atomic E-state index is 5.00. The predicted molar refractivity (Wildman–Crippen MR) is 175 cm³/mol. The molecule has 1 aromatic heterocycles. The summed E-state index contributed by atoms with van der Waals surface area (Å²) in [6.07, 6.45) is 0. The highest BCUT2D eigenvalue weighted by Gasteiger charge is 2.12. The summed E-state index contributed by atoms with van der Waals surface area (Å²) < 4.78 is 0. The molecule has 0 N–H and O–H groups in total. The summed E-state index contributed by atoms with van der Waals surface area (Å²) in [5.74, 6) is 0.721. The Bertz CT molecular complexity index is 1670. The summed E-state index contributed by atoms with van der Waals surface area (Å²) in [5.41, 5.74) is 12.1. The van der Waals surface area contributed by atoms with E-state index in [0.717, 1.165) is 39.5 Å². The number of nitrogens with zero attached hydrogens (tertiary/aromatic N) is 2. The molecule has 0 aliphatic carbocycles. The van der Waals surface area contributed by atoms with Crippen molar-refractivity contribution in [2.24, 2.45) is 0 Å². The average molecular weight is 537 g/mol. The first-order chi connectivity index (χ1) is 20.8. The van der Waals surface area contributed by atoms with Gasteiger partial charge in [-0.15, -0.1) is 0 Å². The summed E-state index contributed by atoms with van der Waals surface area (Å²) >= 11 is 0. The summed E-state index contributed by atoms with van der Waals surface area (Å²) in [6.45, 7) is 0. The van der Waals surface area contributed by atoms with Gasteiger partial charge in [0.1, 0.15) is 0 Å². The van der Waals surface area contributed by atoms with Crippen molar-refractivity contribution in [1.29, 1.82) is 0 Å². The topological polar surface area (TPSA) is 25.8 Å². The van der Waals surface area contributed by atoms with Gasteiger partial charge in [0.05, 0.1) is 11.4 Å². The second kappa shape index (κ2) is 11.5. The lowest BCUT2D eigenvalue weighted by molar-refractivity contribution is 1.18. The molecule has 0 atom stereocenters. The minimum Gasteiger partial charge on any atom is -0.228 e. The Labute approximate surface area is 246 Å². The van der Waals surface area contributed by atoms with Crippen molar-refractivity contribution < 1.29 is 0 Å². The summed E-state index contributed by atoms with van der Waals surface area (Å²) in [7, 11) is 0. The van der Waals surface area contributed by atoms with Crippen LogP contribution >= 0.6 is 0 Å². The zero-order valence-electron chi connectivity index (χ0n) is 23.1. The number of aromatic nitrogens is 2. The molecular weight excluding hydrogens is 508 g/mol. The molecule has 0 amide bonds. The molecule has 2 nitrogen and oxygen atoms in total. The lowest BCUT2D eigenvalue weighted by atomic mass is 9.93. The lowest BCUT2D eigenvalue weighted by Crippen LogP contribution is -1.95. The molecule has 0 unspecified atom stereocenters. The largest absolute Gasteiger partial charge is 0.228 e. The molecule has 0 aliphatic heterocycles. The van der Waals surface area contributed by atoms with Crippen LogP contribution in [0.15, 0.2) is 170 Å². The lowest BCUT2D eigenvalue weighted by Gasteiger charge is -2.12. The number of rotatable bonds is 6. The van der Waals surface area contributed by atoms with Crippen LogP contribution in [0, 0.1) is 0 Å². The number of benzene rings is 6. The van der Waals surface area contributed by atoms with Crippen LogP contribution in [0.3, 0.4) is 0 Å². The maximum absolute atomic E-state index is 5.00. The van der Waals surface area contributed by atoms with E-state index in [0.29, 0.717) is 0 Å². The van der Waals surface area contributed by atoms with Crippen LogP contribution < -0.4 is 0 Å². The molecule has 0 aliphatic rings. The highest BCUT2D eigenvalue weighted by Crippen LogP contribution is 2.34. The van der Waals surface area contributed by atoms with Crippen LogP contribution in [0.1, 0.15) is 0 Å². The second-order valence-corrected chi connectivity index (χ2v) is 10.3. The first-order valence-corrected chi connectivity index (χ1v) is 14.2. The van der Waals surface area contributed by atoms with Crippen LogP contribution in [-0.2, 0) is 0 Å². The monoisotopic (exact) mass is 536 g/mol. The van der Waals surface area contributed by atoms with Gasteiger partial charge in [0.25, 0.3) is 0 Å². The standard InChI is InChI=1S/C40H28N2/c1-5-13-29(14-6-1)35-25-36(30-15-7-2-8-16-30)27-37(26-35)31-21-23-33(24-22-31)39-28-38(32-17-9-3-10-18-32)41-40(42-39)34-19-11-4-12-20-34/h1-28H. The van der Waals surface area contributed by atoms with E-state index in [2.05, 4.69) is 133 Å². The normalized spacial score (nSPS) is 10.9. The third-order valence-electron chi connectivity index (χ3n) is 7.49. The van der Waals surface area contributed by atoms with E-state index in [1.165, 1.54) is 27.8 Å². The Balaban J connectivity index is 1.31. The van der Waals surface area contributed by atoms with E-state index in [4.69, 9.17) is 9.97 Å². The number of hydrogen-bond donors (Lipinski definition) is 0. The van der Waals surface area contributed by atoms with Gasteiger partial charge in [-0.25, -0.2) is 9.97 Å². The van der Waals surface area contributed by atoms with E-state index in [1.807, 2.05) is 36.4 Å². The fraction of sp³-hybridized carbons (Fsp3) is 0. The van der Waals surface area contributed by atoms with Gasteiger partial charge >= 0.3 is 0 Å². The molecule has 0 radical (unpaired) electrons. The van der Waals surface area contributed by atoms with E-state index < -0.39 is 0 Å². The zero-order valence-corrected chi connectivity index (χ0v) is 23.1. The van der Waals surface area contributed by atoms with Crippen molar-refractivity contribution in [2.45, 2.75) is 0 Å². The van der Waals surface area contributed by atoms with Crippen LogP contribution in [-0.4, -0.2) is 9.97 Å². The Morgan fingerprint density at radius 3 is 0.976 bits per heavy atom. The minimum atomic E-state index is 0.721. The molecule has 42 heavy (non-hydrogen) atoms. The smallest absolute Gasteiger partial charge is 0.160 e. The highest BCUT2D eigenvalue weighted by molar-refractivity contribution is 5.82. The average Bonchev–Trinajstić information content (AvgIpc) is 3.09. The minimum absolute atomic E-state index is 0.721. The maximum Gasteiger partial charge on any atom is 0.160 e. The van der Waals surface area contributed by atoms with E-state index >= 15 is 0 Å². The molecule has 6 aromatic carbocycles. The molecule has 0 fully saturated rings. The molecule has 198 valence electrons. The van der Waals surface area contributed by atoms with E-state index in [1.54, 1.807) is 0 Å². The van der Waals surface area contributed by atoms with Gasteiger partial charge in [0, 0.05) is 16.7 Å². The Kier molecular flexibility index (Phi) is 6.94. The molecule has 0 spiro atoms. The third-order valence-corrected chi connectivity index (χ3v) is 7.49. The van der Waals surface area contributed by atoms with Crippen molar-refractivity contribution in [3.63, 3.8) is 0 Å². The van der Waals surface area contributed by atoms with Crippen molar-refractivity contribution in [3.8, 4) is 67.3 Å². The van der Waals surface area contributed by atoms with Gasteiger partial charge in [0.2, 0.25) is 0 Å². The molecule has 7 rings (SSSR count). The second-order valence-electron chi connectivity index (χ2n) is 10.3. The Morgan fingerprint density at radius 2 is 0.548 bits per heavy atom. The molecule has 1 heterocycles. The molecule has 2 heteroatoms. The van der Waals surface area contributed by atoms with Crippen molar-refractivity contribution >= 4 is 0 Å². The fourth-order valence-corrected chi connectivity index (χ4v) is 5.29. The molecule has 7 aromatic rings. The van der Waals surface area contributed by atoms with Crippen LogP contribution in [0.5, 0.6) is 0 Å². The first-order valence-electron chi connectivity index (χ1n) is 14.2. The summed E-state index contributed by atoms with van der Waals surface area (Å²) in [6, 6.07) is 59.3. The van der Waals surface area contributed by atoms with Crippen molar-refractivity contribution in [3.05, 3.63) is 170 Å². The SMILES string of the molecule is c1ccc(-c2cc(-c3ccccc3)cc(-c3ccc(-c4cc(-c5ccccc5)nc(-c5ccccc5)n4)cc3)c2)cc1. The number of hydrogen-bond acceptors (Lipinski definition) is 2. The third kappa shape index (κ3) is 5.39. The Hall–Kier alpha value is -5.60. The predicted octanol–water partition coefficient (Wildman–Crippen LogP) is 10.5. The molecule has 0 saturated heterocycles. The van der Waals surface area contributed by atoms with Gasteiger partial charge in [-0.1, -0.05) is 146 Å². The van der Waals surface area contributed by atoms with Gasteiger partial charge in [-0.05, 0) is 57.6 Å². The summed E-state index contributed by atoms with van der Waals surface area (Å²) in [5, 5.41) is 0. The van der Waals surface area contributed by atoms with Gasteiger partial charge in [-0.2, -0.15) is 0 Å². The molecular formula is C40H28N2. The molecule has 0 bridgehead atoms. The van der Waals surface area contributed by atoms with Gasteiger partial charge in [-0.3, -0.25) is 0 Å². The quantitative estimate of drug-likeness (QED) is 0.211. The van der Waals surface area contributed by atoms with E-state index in [9.17, 15) is 0 Å². The van der Waals surface area contributed by atoms with Crippen LogP contribution in [0.2, 0.25) is 0 Å². The Morgan fingerprint density at radius 1 is 0.238 bits per heavy atom. The van der Waals surface area contributed by atoms with Crippen LogP contribution in [0.4, 0.5) is 0 Å². The van der Waals surface area contributed by atoms with Gasteiger partial charge in [0.15, 0.2) is 5.82 Å². The summed E-state index contributed by atoms with van der Waals surface area (Å²) in [4.78, 5) is 9.93. The fourth-order valence-electron chi connectivity index (χ4n) is 5.29. The zero-order chi connectivity index (χ0) is 28.1. The molecule has 0 saturated carbocycles. The van der Waals surface area contributed by atoms with Crippen molar-refractivity contribution in [1.82, 2.24) is 9.97 Å². The van der Waals surface area contributed by atoms with Gasteiger partial charge < -0.3 is 0 Å². The van der Waals surface area contributed by atoms with Crippen molar-refractivity contribution in [2.75, 3.05) is 0 Å². The highest BCUT2D eigenvalue weighted by atomic mass is 14.9.